The van der Waals surface area contributed by atoms with E-state index in [0.717, 1.165) is 23.9 Å². The minimum Gasteiger partial charge on any atom is -0.324 e. The Morgan fingerprint density at radius 3 is 2.08 bits per heavy atom. The van der Waals surface area contributed by atoms with Crippen molar-refractivity contribution in [2.75, 3.05) is 5.32 Å². The minimum atomic E-state index is 0.0520. The Kier molecular flexibility index (Phi) is 9.84. The molecule has 2 N–H and O–H groups in total. The number of amides is 1. The van der Waals surface area contributed by atoms with Crippen LogP contribution in [-0.2, 0) is 4.79 Å². The number of hydrogen-bond acceptors (Lipinski definition) is 2. The summed E-state index contributed by atoms with van der Waals surface area (Å²) in [6.07, 6.45) is 16.3. The number of anilines is 1. The van der Waals surface area contributed by atoms with Crippen LogP contribution in [0.15, 0.2) is 24.3 Å². The standard InChI is InChI=1S/C22H35N3O/c1-2-3-4-5-6-7-8-9-10-11-12-13-18-21(26)25-22-23-19-16-14-15-17-20(19)24-22/h14-17H,2-13,18H2,1H3,(H2,23,24,25,26). The van der Waals surface area contributed by atoms with Crippen molar-refractivity contribution in [1.82, 2.24) is 9.97 Å². The SMILES string of the molecule is CCCCCCCCCCCCCCC(=O)Nc1nc2ccccc2[nH]1. The average Bonchev–Trinajstić information content (AvgIpc) is 3.04. The van der Waals surface area contributed by atoms with Gasteiger partial charge < -0.3 is 4.98 Å². The Hall–Kier alpha value is -1.84. The maximum Gasteiger partial charge on any atom is 0.226 e. The lowest BCUT2D eigenvalue weighted by molar-refractivity contribution is -0.116. The molecule has 4 heteroatoms. The highest BCUT2D eigenvalue weighted by Crippen LogP contribution is 2.15. The van der Waals surface area contributed by atoms with Gasteiger partial charge in [0, 0.05) is 6.42 Å². The summed E-state index contributed by atoms with van der Waals surface area (Å²) >= 11 is 0. The molecule has 26 heavy (non-hydrogen) atoms. The predicted octanol–water partition coefficient (Wildman–Crippen LogP) is 6.59. The molecule has 0 spiro atoms. The summed E-state index contributed by atoms with van der Waals surface area (Å²) in [4.78, 5) is 19.5. The van der Waals surface area contributed by atoms with Crippen LogP contribution < -0.4 is 5.32 Å². The Morgan fingerprint density at radius 2 is 1.46 bits per heavy atom. The average molecular weight is 358 g/mol. The molecule has 0 saturated heterocycles. The first-order valence-corrected chi connectivity index (χ1v) is 10.5. The van der Waals surface area contributed by atoms with Crippen LogP contribution in [0.3, 0.4) is 0 Å². The third-order valence-electron chi connectivity index (χ3n) is 4.90. The highest BCUT2D eigenvalue weighted by molar-refractivity contribution is 5.90. The molecule has 1 heterocycles. The summed E-state index contributed by atoms with van der Waals surface area (Å²) in [5.41, 5.74) is 1.83. The molecule has 0 bridgehead atoms. The zero-order valence-electron chi connectivity index (χ0n) is 16.4. The van der Waals surface area contributed by atoms with Crippen molar-refractivity contribution in [3.63, 3.8) is 0 Å². The van der Waals surface area contributed by atoms with Crippen LogP contribution in [0.1, 0.15) is 90.4 Å². The monoisotopic (exact) mass is 357 g/mol. The van der Waals surface area contributed by atoms with E-state index in [0.29, 0.717) is 12.4 Å². The van der Waals surface area contributed by atoms with E-state index in [1.807, 2.05) is 24.3 Å². The van der Waals surface area contributed by atoms with E-state index < -0.39 is 0 Å². The summed E-state index contributed by atoms with van der Waals surface area (Å²) in [7, 11) is 0. The minimum absolute atomic E-state index is 0.0520. The van der Waals surface area contributed by atoms with Gasteiger partial charge in [0.1, 0.15) is 0 Å². The number of hydrogen-bond donors (Lipinski definition) is 2. The van der Waals surface area contributed by atoms with E-state index in [4.69, 9.17) is 0 Å². The number of unbranched alkanes of at least 4 members (excludes halogenated alkanes) is 11. The van der Waals surface area contributed by atoms with Crippen LogP contribution in [0.5, 0.6) is 0 Å². The summed E-state index contributed by atoms with van der Waals surface area (Å²) in [5, 5.41) is 2.87. The van der Waals surface area contributed by atoms with Crippen LogP contribution in [0.25, 0.3) is 11.0 Å². The normalized spacial score (nSPS) is 11.1. The van der Waals surface area contributed by atoms with Crippen molar-refractivity contribution in [2.24, 2.45) is 0 Å². The summed E-state index contributed by atoms with van der Waals surface area (Å²) in [5.74, 6) is 0.603. The largest absolute Gasteiger partial charge is 0.324 e. The molecule has 2 aromatic rings. The lowest BCUT2D eigenvalue weighted by atomic mass is 10.0. The first-order chi connectivity index (χ1) is 12.8. The molecule has 0 radical (unpaired) electrons. The molecule has 0 aliphatic carbocycles. The number of imidazole rings is 1. The van der Waals surface area contributed by atoms with E-state index >= 15 is 0 Å². The van der Waals surface area contributed by atoms with Gasteiger partial charge in [-0.2, -0.15) is 0 Å². The third kappa shape index (κ3) is 8.03. The fourth-order valence-corrected chi connectivity index (χ4v) is 3.33. The quantitative estimate of drug-likeness (QED) is 0.374. The molecule has 0 fully saturated rings. The highest BCUT2D eigenvalue weighted by Gasteiger charge is 2.06. The number of aromatic amines is 1. The Morgan fingerprint density at radius 1 is 0.885 bits per heavy atom. The van der Waals surface area contributed by atoms with Crippen LogP contribution in [0.4, 0.5) is 5.95 Å². The molecule has 1 amide bonds. The van der Waals surface area contributed by atoms with Crippen molar-refractivity contribution < 1.29 is 4.79 Å². The molecule has 0 aliphatic rings. The van der Waals surface area contributed by atoms with Crippen LogP contribution in [0, 0.1) is 0 Å². The smallest absolute Gasteiger partial charge is 0.226 e. The number of carbonyl (C=O) groups is 1. The number of rotatable bonds is 14. The zero-order chi connectivity index (χ0) is 18.5. The molecule has 1 aromatic carbocycles. The highest BCUT2D eigenvalue weighted by atomic mass is 16.1. The van der Waals surface area contributed by atoms with Gasteiger partial charge in [-0.15, -0.1) is 0 Å². The molecule has 0 saturated carbocycles. The molecule has 0 unspecified atom stereocenters. The Bertz CT molecular complexity index is 602. The summed E-state index contributed by atoms with van der Waals surface area (Å²) in [6, 6.07) is 7.80. The van der Waals surface area contributed by atoms with Gasteiger partial charge >= 0.3 is 0 Å². The Balaban J connectivity index is 1.44. The maximum absolute atomic E-state index is 12.0. The summed E-state index contributed by atoms with van der Waals surface area (Å²) in [6.45, 7) is 2.27. The van der Waals surface area contributed by atoms with Crippen LogP contribution in [-0.4, -0.2) is 15.9 Å². The number of aromatic nitrogens is 2. The number of H-pyrrole nitrogens is 1. The van der Waals surface area contributed by atoms with Gasteiger partial charge in [0.25, 0.3) is 0 Å². The third-order valence-corrected chi connectivity index (χ3v) is 4.90. The van der Waals surface area contributed by atoms with Gasteiger partial charge in [-0.3, -0.25) is 10.1 Å². The molecule has 4 nitrogen and oxygen atoms in total. The number of carbonyl (C=O) groups excluding carboxylic acids is 1. The van der Waals surface area contributed by atoms with Crippen LogP contribution in [0.2, 0.25) is 0 Å². The number of nitrogens with zero attached hydrogens (tertiary/aromatic N) is 1. The van der Waals surface area contributed by atoms with Gasteiger partial charge in [-0.05, 0) is 18.6 Å². The van der Waals surface area contributed by atoms with E-state index in [2.05, 4.69) is 22.2 Å². The molecular formula is C22H35N3O. The molecule has 144 valence electrons. The zero-order valence-corrected chi connectivity index (χ0v) is 16.4. The maximum atomic E-state index is 12.0. The number of para-hydroxylation sites is 2. The molecule has 1 aromatic heterocycles. The van der Waals surface area contributed by atoms with Gasteiger partial charge in [0.05, 0.1) is 11.0 Å². The number of benzene rings is 1. The second kappa shape index (κ2) is 12.5. The molecule has 0 aliphatic heterocycles. The molecule has 0 atom stereocenters. The lowest BCUT2D eigenvalue weighted by Crippen LogP contribution is -2.12. The van der Waals surface area contributed by atoms with Crippen molar-refractivity contribution in [3.8, 4) is 0 Å². The summed E-state index contributed by atoms with van der Waals surface area (Å²) < 4.78 is 0. The van der Waals surface area contributed by atoms with E-state index in [1.54, 1.807) is 0 Å². The van der Waals surface area contributed by atoms with Gasteiger partial charge in [-0.1, -0.05) is 89.7 Å². The van der Waals surface area contributed by atoms with Gasteiger partial charge in [0.15, 0.2) is 0 Å². The van der Waals surface area contributed by atoms with Crippen molar-refractivity contribution in [2.45, 2.75) is 90.4 Å². The van der Waals surface area contributed by atoms with Crippen molar-refractivity contribution >= 4 is 22.9 Å². The van der Waals surface area contributed by atoms with Gasteiger partial charge in [0.2, 0.25) is 11.9 Å². The Labute approximate surface area is 158 Å². The van der Waals surface area contributed by atoms with E-state index in [9.17, 15) is 4.79 Å². The van der Waals surface area contributed by atoms with E-state index in [1.165, 1.54) is 64.2 Å². The first kappa shape index (κ1) is 20.5. The first-order valence-electron chi connectivity index (χ1n) is 10.5. The number of nitrogens with one attached hydrogen (secondary N) is 2. The molecular weight excluding hydrogens is 322 g/mol. The van der Waals surface area contributed by atoms with E-state index in [-0.39, 0.29) is 5.91 Å². The fourth-order valence-electron chi connectivity index (χ4n) is 3.33. The molecule has 2 rings (SSSR count). The van der Waals surface area contributed by atoms with Crippen molar-refractivity contribution in [1.29, 1.82) is 0 Å². The topological polar surface area (TPSA) is 57.8 Å². The fraction of sp³-hybridized carbons (Fsp3) is 0.636. The van der Waals surface area contributed by atoms with Crippen LogP contribution >= 0.6 is 0 Å². The predicted molar refractivity (Wildman–Crippen MR) is 110 cm³/mol. The second-order valence-electron chi connectivity index (χ2n) is 7.29. The second-order valence-corrected chi connectivity index (χ2v) is 7.29. The number of fused-ring (bicyclic) bond motifs is 1. The van der Waals surface area contributed by atoms with Gasteiger partial charge in [-0.25, -0.2) is 4.98 Å². The lowest BCUT2D eigenvalue weighted by Gasteiger charge is -2.03. The van der Waals surface area contributed by atoms with Crippen molar-refractivity contribution in [3.05, 3.63) is 24.3 Å².